The molecule has 1 aliphatic carbocycles. The van der Waals surface area contributed by atoms with Crippen LogP contribution in [0.4, 0.5) is 5.13 Å². The van der Waals surface area contributed by atoms with Crippen LogP contribution in [0.15, 0.2) is 23.6 Å². The van der Waals surface area contributed by atoms with Gasteiger partial charge in [0.2, 0.25) is 5.91 Å². The Morgan fingerprint density at radius 3 is 2.70 bits per heavy atom. The molecular weight excluding hydrogens is 364 g/mol. The first kappa shape index (κ1) is 19.2. The summed E-state index contributed by atoms with van der Waals surface area (Å²) < 4.78 is 5.16. The number of esters is 1. The van der Waals surface area contributed by atoms with Gasteiger partial charge in [-0.3, -0.25) is 14.4 Å². The van der Waals surface area contributed by atoms with E-state index in [4.69, 9.17) is 4.74 Å². The molecule has 27 heavy (non-hydrogen) atoms. The van der Waals surface area contributed by atoms with E-state index in [9.17, 15) is 14.4 Å². The van der Waals surface area contributed by atoms with Crippen molar-refractivity contribution in [3.8, 4) is 0 Å². The van der Waals surface area contributed by atoms with Crippen LogP contribution in [0.3, 0.4) is 0 Å². The number of carbonyl (C=O) groups excluding carboxylic acids is 3. The number of aromatic nitrogens is 1. The van der Waals surface area contributed by atoms with Crippen LogP contribution in [-0.4, -0.2) is 22.6 Å². The van der Waals surface area contributed by atoms with E-state index in [1.165, 1.54) is 35.8 Å². The summed E-state index contributed by atoms with van der Waals surface area (Å²) in [6, 6.07) is 5.87. The maximum atomic E-state index is 12.4. The summed E-state index contributed by atoms with van der Waals surface area (Å²) in [5.41, 5.74) is 3.83. The molecule has 2 aromatic rings. The molecule has 6 nitrogen and oxygen atoms in total. The topological polar surface area (TPSA) is 85.4 Å². The second-order valence-corrected chi connectivity index (χ2v) is 7.46. The Hall–Kier alpha value is -2.54. The van der Waals surface area contributed by atoms with Gasteiger partial charge in [-0.25, -0.2) is 4.98 Å². The number of Topliss-reactive ketones (excluding diaryl/α,β-unsaturated/α-hetero) is 1. The molecular formula is C20H22N2O4S. The summed E-state index contributed by atoms with van der Waals surface area (Å²) in [7, 11) is 0. The molecule has 1 aromatic carbocycles. The monoisotopic (exact) mass is 386 g/mol. The van der Waals surface area contributed by atoms with Crippen LogP contribution in [-0.2, 0) is 33.8 Å². The number of hydrogen-bond acceptors (Lipinski definition) is 6. The zero-order valence-electron chi connectivity index (χ0n) is 15.2. The Morgan fingerprint density at radius 1 is 1.15 bits per heavy atom. The Kier molecular flexibility index (Phi) is 6.34. The van der Waals surface area contributed by atoms with E-state index in [1.54, 1.807) is 5.38 Å². The highest BCUT2D eigenvalue weighted by Gasteiger charge is 2.15. The van der Waals surface area contributed by atoms with Gasteiger partial charge >= 0.3 is 5.97 Å². The van der Waals surface area contributed by atoms with E-state index in [1.807, 2.05) is 18.2 Å². The third-order valence-corrected chi connectivity index (χ3v) is 5.25. The number of nitrogens with one attached hydrogen (secondary N) is 1. The molecule has 1 aromatic heterocycles. The first-order valence-corrected chi connectivity index (χ1v) is 9.92. The highest BCUT2D eigenvalue weighted by molar-refractivity contribution is 7.13. The summed E-state index contributed by atoms with van der Waals surface area (Å²) in [6.45, 7) is 1.43. The number of hydrogen-bond donors (Lipinski definition) is 1. The van der Waals surface area contributed by atoms with E-state index < -0.39 is 5.97 Å². The second-order valence-electron chi connectivity index (χ2n) is 6.60. The van der Waals surface area contributed by atoms with Crippen molar-refractivity contribution in [1.29, 1.82) is 0 Å². The Balaban J connectivity index is 1.45. The molecule has 7 heteroatoms. The molecule has 1 aliphatic rings. The van der Waals surface area contributed by atoms with E-state index in [-0.39, 0.29) is 31.1 Å². The van der Waals surface area contributed by atoms with Gasteiger partial charge in [-0.15, -0.1) is 11.3 Å². The van der Waals surface area contributed by atoms with Crippen LogP contribution < -0.4 is 5.32 Å². The van der Waals surface area contributed by atoms with Crippen molar-refractivity contribution in [3.63, 3.8) is 0 Å². The number of carbonyl (C=O) groups is 3. The van der Waals surface area contributed by atoms with Crippen molar-refractivity contribution >= 4 is 34.1 Å². The Morgan fingerprint density at radius 2 is 1.93 bits per heavy atom. The predicted octanol–water partition coefficient (Wildman–Crippen LogP) is 3.69. The lowest BCUT2D eigenvalue weighted by atomic mass is 9.89. The van der Waals surface area contributed by atoms with Crippen LogP contribution in [0.25, 0.3) is 0 Å². The molecule has 142 valence electrons. The molecule has 0 spiro atoms. The predicted molar refractivity (Wildman–Crippen MR) is 103 cm³/mol. The molecule has 0 saturated carbocycles. The fraction of sp³-hybridized carbons (Fsp3) is 0.400. The van der Waals surface area contributed by atoms with Crippen molar-refractivity contribution in [2.45, 2.75) is 52.1 Å². The highest BCUT2D eigenvalue weighted by atomic mass is 32.1. The minimum Gasteiger partial charge on any atom is -0.459 e. The summed E-state index contributed by atoms with van der Waals surface area (Å²) in [5.74, 6) is -0.675. The maximum Gasteiger partial charge on any atom is 0.306 e. The highest BCUT2D eigenvalue weighted by Crippen LogP contribution is 2.23. The lowest BCUT2D eigenvalue weighted by molar-refractivity contribution is -0.145. The van der Waals surface area contributed by atoms with Crippen LogP contribution in [0.2, 0.25) is 0 Å². The van der Waals surface area contributed by atoms with Gasteiger partial charge in [0.15, 0.2) is 10.9 Å². The summed E-state index contributed by atoms with van der Waals surface area (Å²) >= 11 is 1.27. The smallest absolute Gasteiger partial charge is 0.306 e. The van der Waals surface area contributed by atoms with E-state index >= 15 is 0 Å². The quantitative estimate of drug-likeness (QED) is 0.579. The minimum absolute atomic E-state index is 0.0297. The second kappa shape index (κ2) is 8.90. The average Bonchev–Trinajstić information content (AvgIpc) is 3.10. The number of thiazole rings is 1. The number of aryl methyl sites for hydroxylation is 2. The number of fused-ring (bicyclic) bond motifs is 1. The first-order chi connectivity index (χ1) is 13.0. The Labute approximate surface area is 162 Å². The van der Waals surface area contributed by atoms with Gasteiger partial charge in [0.25, 0.3) is 0 Å². The number of benzene rings is 1. The van der Waals surface area contributed by atoms with Gasteiger partial charge in [0.1, 0.15) is 6.61 Å². The molecule has 0 radical (unpaired) electrons. The van der Waals surface area contributed by atoms with Gasteiger partial charge in [-0.1, -0.05) is 12.1 Å². The first-order valence-electron chi connectivity index (χ1n) is 9.04. The molecule has 1 heterocycles. The number of rotatable bonds is 7. The molecule has 0 saturated heterocycles. The van der Waals surface area contributed by atoms with E-state index in [0.29, 0.717) is 16.4 Å². The molecule has 1 amide bonds. The van der Waals surface area contributed by atoms with Crippen molar-refractivity contribution in [3.05, 3.63) is 46.0 Å². The molecule has 3 rings (SSSR count). The van der Waals surface area contributed by atoms with Crippen molar-refractivity contribution in [1.82, 2.24) is 4.98 Å². The van der Waals surface area contributed by atoms with Crippen LogP contribution in [0, 0.1) is 0 Å². The van der Waals surface area contributed by atoms with Crippen LogP contribution in [0.1, 0.15) is 59.8 Å². The van der Waals surface area contributed by atoms with Crippen molar-refractivity contribution in [2.24, 2.45) is 0 Å². The molecule has 0 bridgehead atoms. The SMILES string of the molecule is CC(=O)Nc1nc(COC(=O)CCC(=O)c2ccc3c(c2)CCCC3)cs1. The van der Waals surface area contributed by atoms with Gasteiger partial charge in [0, 0.05) is 24.3 Å². The van der Waals surface area contributed by atoms with E-state index in [2.05, 4.69) is 10.3 Å². The third-order valence-electron chi connectivity index (χ3n) is 4.44. The lowest BCUT2D eigenvalue weighted by Crippen LogP contribution is -2.10. The number of nitrogens with zero attached hydrogens (tertiary/aromatic N) is 1. The molecule has 0 atom stereocenters. The van der Waals surface area contributed by atoms with E-state index in [0.717, 1.165) is 19.3 Å². The lowest BCUT2D eigenvalue weighted by Gasteiger charge is -2.16. The van der Waals surface area contributed by atoms with Crippen LogP contribution in [0.5, 0.6) is 0 Å². The average molecular weight is 386 g/mol. The zero-order chi connectivity index (χ0) is 19.2. The largest absolute Gasteiger partial charge is 0.459 e. The Bertz CT molecular complexity index is 859. The summed E-state index contributed by atoms with van der Waals surface area (Å²) in [6.07, 6.45) is 4.64. The third kappa shape index (κ3) is 5.47. The molecule has 0 aliphatic heterocycles. The summed E-state index contributed by atoms with van der Waals surface area (Å²) in [4.78, 5) is 39.4. The number of anilines is 1. The zero-order valence-corrected chi connectivity index (χ0v) is 16.1. The summed E-state index contributed by atoms with van der Waals surface area (Å²) in [5, 5.41) is 4.76. The minimum atomic E-state index is -0.435. The molecule has 0 unspecified atom stereocenters. The van der Waals surface area contributed by atoms with Crippen molar-refractivity contribution in [2.75, 3.05) is 5.32 Å². The normalized spacial score (nSPS) is 12.9. The fourth-order valence-electron chi connectivity index (χ4n) is 3.07. The molecule has 0 fully saturated rings. The van der Waals surface area contributed by atoms with Gasteiger partial charge in [-0.05, 0) is 42.9 Å². The standard InChI is InChI=1S/C20H22N2O4S/c1-13(23)21-20-22-17(12-27-20)11-26-19(25)9-8-18(24)16-7-6-14-4-2-3-5-15(14)10-16/h6-7,10,12H,2-5,8-9,11H2,1H3,(H,21,22,23). The number of ketones is 1. The van der Waals surface area contributed by atoms with Crippen LogP contribution >= 0.6 is 11.3 Å². The van der Waals surface area contributed by atoms with Crippen molar-refractivity contribution < 1.29 is 19.1 Å². The number of amides is 1. The fourth-order valence-corrected chi connectivity index (χ4v) is 3.82. The van der Waals surface area contributed by atoms with Gasteiger partial charge in [0.05, 0.1) is 12.1 Å². The maximum absolute atomic E-state index is 12.4. The van der Waals surface area contributed by atoms with Gasteiger partial charge in [-0.2, -0.15) is 0 Å². The van der Waals surface area contributed by atoms with Gasteiger partial charge < -0.3 is 10.1 Å². The number of ether oxygens (including phenoxy) is 1. The molecule has 1 N–H and O–H groups in total.